The van der Waals surface area contributed by atoms with Gasteiger partial charge in [-0.3, -0.25) is 0 Å². The number of nitrogens with two attached hydrogens (primary N) is 1. The van der Waals surface area contributed by atoms with Gasteiger partial charge in [0.25, 0.3) is 0 Å². The van der Waals surface area contributed by atoms with Crippen LogP contribution in [0.1, 0.15) is 6.42 Å². The van der Waals surface area contributed by atoms with Crippen molar-refractivity contribution in [3.63, 3.8) is 0 Å². The highest BCUT2D eigenvalue weighted by atomic mass is 32.2. The average Bonchev–Trinajstić information content (AvgIpc) is 2.43. The van der Waals surface area contributed by atoms with Crippen molar-refractivity contribution in [2.75, 3.05) is 29.7 Å². The lowest BCUT2D eigenvalue weighted by Gasteiger charge is -2.09. The van der Waals surface area contributed by atoms with Gasteiger partial charge in [0.2, 0.25) is 5.95 Å². The van der Waals surface area contributed by atoms with E-state index in [9.17, 15) is 8.42 Å². The molecule has 118 valence electrons. The van der Waals surface area contributed by atoms with Crippen molar-refractivity contribution in [1.29, 1.82) is 0 Å². The topological polar surface area (TPSA) is 107 Å². The van der Waals surface area contributed by atoms with Crippen molar-refractivity contribution in [3.8, 4) is 5.75 Å². The van der Waals surface area contributed by atoms with E-state index >= 15 is 0 Å². The molecule has 0 bridgehead atoms. The Bertz CT molecular complexity index is 734. The summed E-state index contributed by atoms with van der Waals surface area (Å²) in [5.74, 6) is 1.53. The first-order valence-corrected chi connectivity index (χ1v) is 8.74. The van der Waals surface area contributed by atoms with Gasteiger partial charge in [-0.15, -0.1) is 0 Å². The molecule has 0 unspecified atom stereocenters. The third kappa shape index (κ3) is 5.57. The Balaban J connectivity index is 1.92. The molecule has 3 N–H and O–H groups in total. The first kappa shape index (κ1) is 16.0. The van der Waals surface area contributed by atoms with Crippen LogP contribution in [0, 0.1) is 0 Å². The lowest BCUT2D eigenvalue weighted by Crippen LogP contribution is -2.08. The van der Waals surface area contributed by atoms with E-state index in [2.05, 4.69) is 15.3 Å². The molecular formula is C14H18N4O3S. The molecule has 0 atom stereocenters. The molecule has 0 aliphatic carbocycles. The van der Waals surface area contributed by atoms with Gasteiger partial charge in [-0.25, -0.2) is 13.4 Å². The Morgan fingerprint density at radius 1 is 1.32 bits per heavy atom. The summed E-state index contributed by atoms with van der Waals surface area (Å²) in [6, 6.07) is 8.85. The minimum atomic E-state index is -2.95. The number of aromatic nitrogens is 2. The van der Waals surface area contributed by atoms with Crippen molar-refractivity contribution < 1.29 is 13.2 Å². The van der Waals surface area contributed by atoms with E-state index < -0.39 is 9.84 Å². The number of nitrogens with one attached hydrogen (secondary N) is 1. The van der Waals surface area contributed by atoms with Gasteiger partial charge in [-0.05, 0) is 24.6 Å². The van der Waals surface area contributed by atoms with Crippen LogP contribution in [-0.2, 0) is 9.84 Å². The molecule has 1 aromatic carbocycles. The van der Waals surface area contributed by atoms with Crippen molar-refractivity contribution in [3.05, 3.63) is 36.5 Å². The predicted octanol–water partition coefficient (Wildman–Crippen LogP) is 1.62. The number of hydrogen-bond donors (Lipinski definition) is 2. The largest absolute Gasteiger partial charge is 0.493 e. The molecule has 8 heteroatoms. The van der Waals surface area contributed by atoms with E-state index in [0.717, 1.165) is 5.69 Å². The normalized spacial score (nSPS) is 11.1. The van der Waals surface area contributed by atoms with Crippen LogP contribution in [0.15, 0.2) is 36.5 Å². The minimum Gasteiger partial charge on any atom is -0.493 e. The van der Waals surface area contributed by atoms with E-state index in [1.807, 2.05) is 12.1 Å². The Morgan fingerprint density at radius 2 is 2.14 bits per heavy atom. The highest BCUT2D eigenvalue weighted by molar-refractivity contribution is 7.90. The Labute approximate surface area is 129 Å². The van der Waals surface area contributed by atoms with Crippen molar-refractivity contribution in [2.45, 2.75) is 6.42 Å². The van der Waals surface area contributed by atoms with E-state index in [4.69, 9.17) is 10.5 Å². The molecule has 0 fully saturated rings. The molecule has 0 saturated carbocycles. The maximum atomic E-state index is 11.0. The summed E-state index contributed by atoms with van der Waals surface area (Å²) in [4.78, 5) is 8.11. The first-order chi connectivity index (χ1) is 10.4. The molecule has 0 radical (unpaired) electrons. The van der Waals surface area contributed by atoms with E-state index in [-0.39, 0.29) is 5.75 Å². The minimum absolute atomic E-state index is 0.113. The Morgan fingerprint density at radius 3 is 2.86 bits per heavy atom. The second-order valence-electron chi connectivity index (χ2n) is 4.79. The SMILES string of the molecule is CS(=O)(=O)CCCOc1cccc(Nc2nccc(N)n2)c1. The Kier molecular flexibility index (Phi) is 5.16. The molecule has 1 heterocycles. The van der Waals surface area contributed by atoms with Gasteiger partial charge in [0, 0.05) is 24.2 Å². The Hall–Kier alpha value is -2.35. The zero-order valence-electron chi connectivity index (χ0n) is 12.2. The van der Waals surface area contributed by atoms with Crippen LogP contribution in [0.3, 0.4) is 0 Å². The molecule has 2 rings (SSSR count). The highest BCUT2D eigenvalue weighted by Gasteiger charge is 2.03. The maximum absolute atomic E-state index is 11.0. The van der Waals surface area contributed by atoms with Crippen LogP contribution < -0.4 is 15.8 Å². The zero-order chi connectivity index (χ0) is 16.0. The molecule has 7 nitrogen and oxygen atoms in total. The second-order valence-corrected chi connectivity index (χ2v) is 7.05. The predicted molar refractivity (Wildman–Crippen MR) is 86.0 cm³/mol. The molecular weight excluding hydrogens is 304 g/mol. The van der Waals surface area contributed by atoms with E-state index in [1.54, 1.807) is 24.4 Å². The number of anilines is 3. The van der Waals surface area contributed by atoms with Gasteiger partial charge >= 0.3 is 0 Å². The van der Waals surface area contributed by atoms with Crippen LogP contribution in [-0.4, -0.2) is 37.0 Å². The number of nitrogens with zero attached hydrogens (tertiary/aromatic N) is 2. The summed E-state index contributed by atoms with van der Waals surface area (Å²) >= 11 is 0. The van der Waals surface area contributed by atoms with Crippen LogP contribution in [0.4, 0.5) is 17.5 Å². The fourth-order valence-corrected chi connectivity index (χ4v) is 2.38. The standard InChI is InChI=1S/C14H18N4O3S/c1-22(19,20)9-3-8-21-12-5-2-4-11(10-12)17-14-16-7-6-13(15)18-14/h2,4-7,10H,3,8-9H2,1H3,(H3,15,16,17,18). The number of rotatable bonds is 7. The molecule has 22 heavy (non-hydrogen) atoms. The van der Waals surface area contributed by atoms with Crippen LogP contribution in [0.2, 0.25) is 0 Å². The average molecular weight is 322 g/mol. The summed E-state index contributed by atoms with van der Waals surface area (Å²) in [7, 11) is -2.95. The van der Waals surface area contributed by atoms with Gasteiger partial charge in [-0.2, -0.15) is 4.98 Å². The van der Waals surface area contributed by atoms with Gasteiger partial charge < -0.3 is 15.8 Å². The fourth-order valence-electron chi connectivity index (χ4n) is 1.74. The van der Waals surface area contributed by atoms with Crippen LogP contribution in [0.25, 0.3) is 0 Å². The lowest BCUT2D eigenvalue weighted by atomic mass is 10.3. The number of sulfone groups is 1. The van der Waals surface area contributed by atoms with E-state index in [0.29, 0.717) is 30.5 Å². The lowest BCUT2D eigenvalue weighted by molar-refractivity contribution is 0.318. The highest BCUT2D eigenvalue weighted by Crippen LogP contribution is 2.20. The molecule has 0 aliphatic rings. The zero-order valence-corrected chi connectivity index (χ0v) is 13.0. The number of nitrogen functional groups attached to an aromatic ring is 1. The molecule has 1 aromatic heterocycles. The van der Waals surface area contributed by atoms with Crippen molar-refractivity contribution in [1.82, 2.24) is 9.97 Å². The van der Waals surface area contributed by atoms with Crippen molar-refractivity contribution in [2.24, 2.45) is 0 Å². The fraction of sp³-hybridized carbons (Fsp3) is 0.286. The van der Waals surface area contributed by atoms with Gasteiger partial charge in [0.05, 0.1) is 12.4 Å². The maximum Gasteiger partial charge on any atom is 0.229 e. The summed E-state index contributed by atoms with van der Waals surface area (Å²) in [5, 5.41) is 3.02. The van der Waals surface area contributed by atoms with Crippen molar-refractivity contribution >= 4 is 27.3 Å². The number of benzene rings is 1. The van der Waals surface area contributed by atoms with Gasteiger partial charge in [-0.1, -0.05) is 6.07 Å². The molecule has 0 saturated heterocycles. The third-order valence-electron chi connectivity index (χ3n) is 2.70. The van der Waals surface area contributed by atoms with Crippen LogP contribution >= 0.6 is 0 Å². The second kappa shape index (κ2) is 7.08. The summed E-state index contributed by atoms with van der Waals surface area (Å²) in [6.45, 7) is 0.339. The summed E-state index contributed by atoms with van der Waals surface area (Å²) < 4.78 is 27.6. The monoisotopic (exact) mass is 322 g/mol. The summed E-state index contributed by atoms with van der Waals surface area (Å²) in [6.07, 6.45) is 3.23. The van der Waals surface area contributed by atoms with Gasteiger partial charge in [0.1, 0.15) is 21.4 Å². The van der Waals surface area contributed by atoms with Crippen LogP contribution in [0.5, 0.6) is 5.75 Å². The first-order valence-electron chi connectivity index (χ1n) is 6.68. The summed E-state index contributed by atoms with van der Waals surface area (Å²) in [5.41, 5.74) is 6.35. The molecule has 0 amide bonds. The third-order valence-corrected chi connectivity index (χ3v) is 3.73. The number of ether oxygens (including phenoxy) is 1. The molecule has 0 aliphatic heterocycles. The smallest absolute Gasteiger partial charge is 0.229 e. The quantitative estimate of drug-likeness (QED) is 0.746. The number of hydrogen-bond acceptors (Lipinski definition) is 7. The molecule has 2 aromatic rings. The van der Waals surface area contributed by atoms with E-state index in [1.165, 1.54) is 6.26 Å². The molecule has 0 spiro atoms. The van der Waals surface area contributed by atoms with Gasteiger partial charge in [0.15, 0.2) is 0 Å².